The second-order valence-corrected chi connectivity index (χ2v) is 3.80. The Morgan fingerprint density at radius 3 is 2.54 bits per heavy atom. The average molecular weight is 182 g/mol. The van der Waals surface area contributed by atoms with E-state index in [1.807, 2.05) is 0 Å². The lowest BCUT2D eigenvalue weighted by molar-refractivity contribution is 0.0442. The lowest BCUT2D eigenvalue weighted by Gasteiger charge is -2.26. The Morgan fingerprint density at radius 1 is 1.38 bits per heavy atom. The summed E-state index contributed by atoms with van der Waals surface area (Å²) in [5.41, 5.74) is -0.0959. The van der Waals surface area contributed by atoms with Gasteiger partial charge in [0.2, 0.25) is 0 Å². The van der Waals surface area contributed by atoms with Crippen LogP contribution < -0.4 is 0 Å². The molecule has 0 radical (unpaired) electrons. The van der Waals surface area contributed by atoms with Crippen LogP contribution in [0, 0.1) is 5.92 Å². The second-order valence-electron chi connectivity index (χ2n) is 3.80. The van der Waals surface area contributed by atoms with Gasteiger partial charge < -0.3 is 14.0 Å². The fourth-order valence-electron chi connectivity index (χ4n) is 2.24. The summed E-state index contributed by atoms with van der Waals surface area (Å²) in [7, 11) is 2.66. The van der Waals surface area contributed by atoms with E-state index in [1.54, 1.807) is 14.2 Å². The van der Waals surface area contributed by atoms with Crippen LogP contribution in [0.15, 0.2) is 12.2 Å². The van der Waals surface area contributed by atoms with Gasteiger partial charge in [-0.1, -0.05) is 12.2 Å². The second kappa shape index (κ2) is 3.44. The van der Waals surface area contributed by atoms with E-state index in [2.05, 4.69) is 12.2 Å². The standard InChI is InChI=1S/C9H15BO3/c1-11-10(12-2)13-9-5-3-8(7-9)4-6-9/h3,5,8H,4,6-7H2,1-2H3. The third-order valence-electron chi connectivity index (χ3n) is 2.93. The van der Waals surface area contributed by atoms with Crippen molar-refractivity contribution >= 4 is 7.32 Å². The first-order valence-corrected chi connectivity index (χ1v) is 4.71. The predicted octanol–water partition coefficient (Wildman–Crippen LogP) is 1.39. The van der Waals surface area contributed by atoms with Crippen molar-refractivity contribution in [1.29, 1.82) is 0 Å². The zero-order chi connectivity index (χ0) is 9.31. The molecule has 0 amide bonds. The molecule has 2 aliphatic carbocycles. The van der Waals surface area contributed by atoms with Crippen LogP contribution >= 0.6 is 0 Å². The molecule has 13 heavy (non-hydrogen) atoms. The minimum atomic E-state index is -0.526. The first-order chi connectivity index (χ1) is 6.28. The van der Waals surface area contributed by atoms with Crippen LogP contribution in [-0.2, 0) is 14.0 Å². The Morgan fingerprint density at radius 2 is 2.15 bits per heavy atom. The molecular weight excluding hydrogens is 167 g/mol. The summed E-state index contributed by atoms with van der Waals surface area (Å²) < 4.78 is 15.8. The maximum absolute atomic E-state index is 5.76. The van der Waals surface area contributed by atoms with Crippen molar-refractivity contribution in [1.82, 2.24) is 0 Å². The predicted molar refractivity (Wildman–Crippen MR) is 50.1 cm³/mol. The quantitative estimate of drug-likeness (QED) is 0.485. The number of fused-ring (bicyclic) bond motifs is 2. The van der Waals surface area contributed by atoms with Crippen LogP contribution in [0.25, 0.3) is 0 Å². The molecule has 2 bridgehead atoms. The Labute approximate surface area is 79.2 Å². The molecule has 1 fully saturated rings. The van der Waals surface area contributed by atoms with Gasteiger partial charge in [-0.2, -0.15) is 0 Å². The minimum absolute atomic E-state index is 0.0959. The van der Waals surface area contributed by atoms with E-state index in [9.17, 15) is 0 Å². The maximum atomic E-state index is 5.76. The van der Waals surface area contributed by atoms with Crippen LogP contribution in [0.4, 0.5) is 0 Å². The molecule has 0 aromatic carbocycles. The van der Waals surface area contributed by atoms with Crippen LogP contribution in [-0.4, -0.2) is 27.1 Å². The smallest absolute Gasteiger partial charge is 0.389 e. The maximum Gasteiger partial charge on any atom is 0.639 e. The van der Waals surface area contributed by atoms with Gasteiger partial charge in [-0.15, -0.1) is 0 Å². The van der Waals surface area contributed by atoms with E-state index < -0.39 is 7.32 Å². The number of hydrogen-bond donors (Lipinski definition) is 0. The fraction of sp³-hybridized carbons (Fsp3) is 0.778. The molecule has 2 atom stereocenters. The van der Waals surface area contributed by atoms with Gasteiger partial charge in [0.15, 0.2) is 0 Å². The Balaban J connectivity index is 1.97. The van der Waals surface area contributed by atoms with E-state index in [0.29, 0.717) is 0 Å². The van der Waals surface area contributed by atoms with Crippen LogP contribution in [0.1, 0.15) is 19.3 Å². The molecule has 4 heteroatoms. The Bertz CT molecular complexity index is 215. The zero-order valence-corrected chi connectivity index (χ0v) is 8.16. The number of allylic oxidation sites excluding steroid dienone is 1. The fourth-order valence-corrected chi connectivity index (χ4v) is 2.24. The summed E-state index contributed by atoms with van der Waals surface area (Å²) in [6.45, 7) is 0. The van der Waals surface area contributed by atoms with Crippen molar-refractivity contribution in [2.75, 3.05) is 14.2 Å². The van der Waals surface area contributed by atoms with Crippen molar-refractivity contribution in [2.24, 2.45) is 5.92 Å². The summed E-state index contributed by atoms with van der Waals surface area (Å²) in [5, 5.41) is 0. The Kier molecular flexibility index (Phi) is 2.45. The van der Waals surface area contributed by atoms with Gasteiger partial charge in [0.25, 0.3) is 0 Å². The van der Waals surface area contributed by atoms with E-state index >= 15 is 0 Å². The SMILES string of the molecule is COB(OC)OC12C=CC(CC1)C2. The summed E-state index contributed by atoms with van der Waals surface area (Å²) in [4.78, 5) is 0. The minimum Gasteiger partial charge on any atom is -0.389 e. The third-order valence-corrected chi connectivity index (χ3v) is 2.93. The van der Waals surface area contributed by atoms with Gasteiger partial charge in [0.05, 0.1) is 5.60 Å². The topological polar surface area (TPSA) is 27.7 Å². The summed E-state index contributed by atoms with van der Waals surface area (Å²) >= 11 is 0. The van der Waals surface area contributed by atoms with Gasteiger partial charge in [-0.05, 0) is 25.2 Å². The molecule has 2 unspecified atom stereocenters. The zero-order valence-electron chi connectivity index (χ0n) is 8.16. The molecule has 0 heterocycles. The number of hydrogen-bond acceptors (Lipinski definition) is 3. The Hall–Kier alpha value is -0.315. The van der Waals surface area contributed by atoms with Crippen LogP contribution in [0.2, 0.25) is 0 Å². The van der Waals surface area contributed by atoms with Crippen LogP contribution in [0.5, 0.6) is 0 Å². The highest BCUT2D eigenvalue weighted by Crippen LogP contribution is 2.45. The van der Waals surface area contributed by atoms with Gasteiger partial charge >= 0.3 is 7.32 Å². The summed E-state index contributed by atoms with van der Waals surface area (Å²) in [6, 6.07) is 0. The molecule has 72 valence electrons. The van der Waals surface area contributed by atoms with Crippen molar-refractivity contribution in [3.05, 3.63) is 12.2 Å². The van der Waals surface area contributed by atoms with Gasteiger partial charge in [-0.25, -0.2) is 0 Å². The van der Waals surface area contributed by atoms with E-state index in [1.165, 1.54) is 6.42 Å². The summed E-state index contributed by atoms with van der Waals surface area (Å²) in [5.74, 6) is 0.717. The van der Waals surface area contributed by atoms with Gasteiger partial charge in [0, 0.05) is 14.2 Å². The van der Waals surface area contributed by atoms with Gasteiger partial charge in [0.1, 0.15) is 0 Å². The first-order valence-electron chi connectivity index (χ1n) is 4.71. The molecule has 0 saturated heterocycles. The lowest BCUT2D eigenvalue weighted by Crippen LogP contribution is -2.36. The van der Waals surface area contributed by atoms with Crippen molar-refractivity contribution in [3.8, 4) is 0 Å². The molecule has 0 N–H and O–H groups in total. The van der Waals surface area contributed by atoms with Gasteiger partial charge in [-0.3, -0.25) is 0 Å². The lowest BCUT2D eigenvalue weighted by atomic mass is 10.0. The van der Waals surface area contributed by atoms with Crippen LogP contribution in [0.3, 0.4) is 0 Å². The molecule has 1 saturated carbocycles. The monoisotopic (exact) mass is 182 g/mol. The first kappa shape index (κ1) is 9.25. The highest BCUT2D eigenvalue weighted by molar-refractivity contribution is 6.36. The normalized spacial score (nSPS) is 35.7. The molecule has 3 nitrogen and oxygen atoms in total. The average Bonchev–Trinajstić information content (AvgIpc) is 2.74. The molecule has 2 aliphatic rings. The highest BCUT2D eigenvalue weighted by atomic mass is 16.7. The third kappa shape index (κ3) is 1.66. The molecule has 0 aromatic heterocycles. The van der Waals surface area contributed by atoms with E-state index in [4.69, 9.17) is 14.0 Å². The number of rotatable bonds is 4. The van der Waals surface area contributed by atoms with Crippen molar-refractivity contribution in [2.45, 2.75) is 24.9 Å². The molecule has 0 spiro atoms. The largest absolute Gasteiger partial charge is 0.639 e. The van der Waals surface area contributed by atoms with Crippen molar-refractivity contribution in [3.63, 3.8) is 0 Å². The highest BCUT2D eigenvalue weighted by Gasteiger charge is 2.44. The molecule has 0 aliphatic heterocycles. The molecule has 2 rings (SSSR count). The van der Waals surface area contributed by atoms with E-state index in [-0.39, 0.29) is 5.60 Å². The molecule has 0 aromatic rings. The summed E-state index contributed by atoms with van der Waals surface area (Å²) in [6.07, 6.45) is 7.82. The molecular formula is C9H15BO3. The van der Waals surface area contributed by atoms with E-state index in [0.717, 1.165) is 18.8 Å². The van der Waals surface area contributed by atoms with Crippen molar-refractivity contribution < 1.29 is 14.0 Å².